The average Bonchev–Trinajstić information content (AvgIpc) is 3.22. The van der Waals surface area contributed by atoms with E-state index in [4.69, 9.17) is 0 Å². The third-order valence-corrected chi connectivity index (χ3v) is 5.94. The third-order valence-electron chi connectivity index (χ3n) is 3.51. The minimum Gasteiger partial charge on any atom is -0.334 e. The van der Waals surface area contributed by atoms with Crippen molar-refractivity contribution in [1.29, 1.82) is 0 Å². The Kier molecular flexibility index (Phi) is 5.51. The van der Waals surface area contributed by atoms with Crippen molar-refractivity contribution in [3.8, 4) is 0 Å². The molecule has 0 radical (unpaired) electrons. The molecule has 142 valence electrons. The van der Waals surface area contributed by atoms with Gasteiger partial charge in [-0.05, 0) is 17.7 Å². The van der Waals surface area contributed by atoms with E-state index in [1.807, 2.05) is 0 Å². The summed E-state index contributed by atoms with van der Waals surface area (Å²) >= 11 is 1.11. The number of hydrogen-bond donors (Lipinski definition) is 2. The summed E-state index contributed by atoms with van der Waals surface area (Å²) in [4.78, 5) is 19.9. The number of anilines is 1. The number of aryl methyl sites for hydroxylation is 1. The zero-order chi connectivity index (χ0) is 19.4. The summed E-state index contributed by atoms with van der Waals surface area (Å²) in [5, 5.41) is 6.88. The van der Waals surface area contributed by atoms with Gasteiger partial charge in [0.05, 0.1) is 5.69 Å². The van der Waals surface area contributed by atoms with E-state index >= 15 is 0 Å². The van der Waals surface area contributed by atoms with E-state index in [1.165, 1.54) is 22.9 Å². The van der Waals surface area contributed by atoms with Gasteiger partial charge in [-0.2, -0.15) is 0 Å². The summed E-state index contributed by atoms with van der Waals surface area (Å²) in [5.41, 5.74) is 0.926. The molecule has 2 aromatic heterocycles. The minimum absolute atomic E-state index is 0.0437. The Morgan fingerprint density at radius 3 is 2.89 bits per heavy atom. The summed E-state index contributed by atoms with van der Waals surface area (Å²) in [6, 6.07) is 5.36. The second kappa shape index (κ2) is 7.84. The standard InChI is InChI=1S/C16H16FN5O3S2/c1-22-6-5-18-16(22)27(24,25)10-13-9-26-15(20-13)21-14(23)19-8-11-3-2-4-12(17)7-11/h2-7,9H,8,10H2,1H3,(H2,19,20,21,23). The lowest BCUT2D eigenvalue weighted by molar-refractivity contribution is 0.251. The number of hydrogen-bond acceptors (Lipinski definition) is 6. The minimum atomic E-state index is -3.63. The zero-order valence-corrected chi connectivity index (χ0v) is 15.8. The van der Waals surface area contributed by atoms with Gasteiger partial charge in [0, 0.05) is 31.4 Å². The van der Waals surface area contributed by atoms with Gasteiger partial charge in [-0.3, -0.25) is 5.32 Å². The van der Waals surface area contributed by atoms with Gasteiger partial charge in [0.1, 0.15) is 11.6 Å². The lowest BCUT2D eigenvalue weighted by atomic mass is 10.2. The summed E-state index contributed by atoms with van der Waals surface area (Å²) in [5.74, 6) is -0.700. The number of benzene rings is 1. The Labute approximate surface area is 159 Å². The molecule has 0 aliphatic carbocycles. The van der Waals surface area contributed by atoms with Crippen LogP contribution in [0.1, 0.15) is 11.3 Å². The second-order valence-electron chi connectivity index (χ2n) is 5.66. The van der Waals surface area contributed by atoms with Crippen LogP contribution in [0.3, 0.4) is 0 Å². The van der Waals surface area contributed by atoms with Crippen LogP contribution in [-0.2, 0) is 29.2 Å². The van der Waals surface area contributed by atoms with Crippen molar-refractivity contribution < 1.29 is 17.6 Å². The molecule has 3 rings (SSSR count). The van der Waals surface area contributed by atoms with Gasteiger partial charge < -0.3 is 9.88 Å². The normalized spacial score (nSPS) is 11.3. The van der Waals surface area contributed by atoms with Gasteiger partial charge >= 0.3 is 6.03 Å². The predicted octanol–water partition coefficient (Wildman–Crippen LogP) is 2.31. The van der Waals surface area contributed by atoms with E-state index in [2.05, 4.69) is 20.6 Å². The third kappa shape index (κ3) is 4.89. The Balaban J connectivity index is 1.57. The Morgan fingerprint density at radius 1 is 1.37 bits per heavy atom. The number of halogens is 1. The quantitative estimate of drug-likeness (QED) is 0.650. The molecule has 0 aliphatic heterocycles. The fourth-order valence-electron chi connectivity index (χ4n) is 2.31. The van der Waals surface area contributed by atoms with Crippen molar-refractivity contribution in [2.45, 2.75) is 17.5 Å². The molecule has 0 spiro atoms. The number of rotatable bonds is 6. The van der Waals surface area contributed by atoms with Crippen molar-refractivity contribution in [2.75, 3.05) is 5.32 Å². The monoisotopic (exact) mass is 409 g/mol. The van der Waals surface area contributed by atoms with E-state index in [9.17, 15) is 17.6 Å². The molecule has 11 heteroatoms. The summed E-state index contributed by atoms with van der Waals surface area (Å²) in [7, 11) is -2.04. The van der Waals surface area contributed by atoms with Gasteiger partial charge in [-0.15, -0.1) is 11.3 Å². The molecular weight excluding hydrogens is 393 g/mol. The molecule has 0 unspecified atom stereocenters. The van der Waals surface area contributed by atoms with Crippen LogP contribution < -0.4 is 10.6 Å². The highest BCUT2D eigenvalue weighted by molar-refractivity contribution is 7.90. The van der Waals surface area contributed by atoms with Crippen LogP contribution in [0.2, 0.25) is 0 Å². The first-order chi connectivity index (χ1) is 12.8. The Morgan fingerprint density at radius 2 is 2.19 bits per heavy atom. The highest BCUT2D eigenvalue weighted by Crippen LogP contribution is 2.20. The fourth-order valence-corrected chi connectivity index (χ4v) is 4.51. The second-order valence-corrected chi connectivity index (χ2v) is 8.40. The molecule has 1 aromatic carbocycles. The number of amides is 2. The molecule has 2 heterocycles. The number of thiazole rings is 1. The van der Waals surface area contributed by atoms with E-state index in [0.29, 0.717) is 11.3 Å². The number of imidazole rings is 1. The number of carbonyl (C=O) groups is 1. The topological polar surface area (TPSA) is 106 Å². The van der Waals surface area contributed by atoms with Crippen LogP contribution in [0.5, 0.6) is 0 Å². The largest absolute Gasteiger partial charge is 0.334 e. The smallest absolute Gasteiger partial charge is 0.321 e. The molecule has 0 fully saturated rings. The molecule has 0 bridgehead atoms. The number of aromatic nitrogens is 3. The van der Waals surface area contributed by atoms with E-state index in [0.717, 1.165) is 11.3 Å². The van der Waals surface area contributed by atoms with Crippen LogP contribution in [-0.4, -0.2) is 29.0 Å². The number of nitrogens with one attached hydrogen (secondary N) is 2. The van der Waals surface area contributed by atoms with Crippen LogP contribution in [0, 0.1) is 5.82 Å². The fraction of sp³-hybridized carbons (Fsp3) is 0.188. The summed E-state index contributed by atoms with van der Waals surface area (Å²) in [6.45, 7) is 0.148. The highest BCUT2D eigenvalue weighted by atomic mass is 32.2. The van der Waals surface area contributed by atoms with Gasteiger partial charge in [0.25, 0.3) is 0 Å². The summed E-state index contributed by atoms with van der Waals surface area (Å²) < 4.78 is 39.2. The number of nitrogens with zero attached hydrogens (tertiary/aromatic N) is 3. The van der Waals surface area contributed by atoms with Crippen LogP contribution in [0.4, 0.5) is 14.3 Å². The van der Waals surface area contributed by atoms with E-state index in [1.54, 1.807) is 30.8 Å². The van der Waals surface area contributed by atoms with Crippen molar-refractivity contribution in [1.82, 2.24) is 19.9 Å². The molecule has 0 atom stereocenters. The highest BCUT2D eigenvalue weighted by Gasteiger charge is 2.21. The zero-order valence-electron chi connectivity index (χ0n) is 14.2. The van der Waals surface area contributed by atoms with Crippen LogP contribution in [0.15, 0.2) is 47.2 Å². The van der Waals surface area contributed by atoms with Gasteiger partial charge in [0.2, 0.25) is 15.0 Å². The van der Waals surface area contributed by atoms with Gasteiger partial charge in [0.15, 0.2) is 5.13 Å². The maximum Gasteiger partial charge on any atom is 0.321 e. The lowest BCUT2D eigenvalue weighted by Gasteiger charge is -2.05. The molecule has 8 nitrogen and oxygen atoms in total. The molecule has 0 saturated carbocycles. The first kappa shape index (κ1) is 19.0. The molecule has 0 saturated heterocycles. The molecular formula is C16H16FN5O3S2. The van der Waals surface area contributed by atoms with E-state index < -0.39 is 15.9 Å². The maximum absolute atomic E-state index is 13.1. The van der Waals surface area contributed by atoms with Crippen molar-refractivity contribution in [2.24, 2.45) is 7.05 Å². The number of sulfone groups is 1. The first-order valence-corrected chi connectivity index (χ1v) is 10.3. The van der Waals surface area contributed by atoms with Crippen LogP contribution in [0.25, 0.3) is 0 Å². The van der Waals surface area contributed by atoms with Gasteiger partial charge in [-0.25, -0.2) is 27.6 Å². The number of urea groups is 1. The lowest BCUT2D eigenvalue weighted by Crippen LogP contribution is -2.28. The molecule has 2 amide bonds. The predicted molar refractivity (Wildman–Crippen MR) is 98.5 cm³/mol. The molecule has 27 heavy (non-hydrogen) atoms. The van der Waals surface area contributed by atoms with E-state index in [-0.39, 0.29) is 28.4 Å². The maximum atomic E-state index is 13.1. The van der Waals surface area contributed by atoms with Crippen molar-refractivity contribution in [3.05, 3.63) is 59.1 Å². The van der Waals surface area contributed by atoms with Crippen molar-refractivity contribution in [3.63, 3.8) is 0 Å². The van der Waals surface area contributed by atoms with Crippen molar-refractivity contribution >= 4 is 32.3 Å². The molecule has 2 N–H and O–H groups in total. The Bertz CT molecular complexity index is 1060. The SMILES string of the molecule is Cn1ccnc1S(=O)(=O)Cc1csc(NC(=O)NCc2cccc(F)c2)n1. The first-order valence-electron chi connectivity index (χ1n) is 7.77. The number of carbonyl (C=O) groups excluding carboxylic acids is 1. The average molecular weight is 409 g/mol. The molecule has 0 aliphatic rings. The van der Waals surface area contributed by atoms with Crippen LogP contribution >= 0.6 is 11.3 Å². The summed E-state index contributed by atoms with van der Waals surface area (Å²) in [6.07, 6.45) is 2.95. The Hall–Kier alpha value is -2.79. The molecule has 3 aromatic rings. The van der Waals surface area contributed by atoms with Gasteiger partial charge in [-0.1, -0.05) is 12.1 Å².